The molecule has 10 heavy (non-hydrogen) atoms. The minimum absolute atomic E-state index is 0.225. The van der Waals surface area contributed by atoms with Gasteiger partial charge >= 0.3 is 0 Å². The van der Waals surface area contributed by atoms with Gasteiger partial charge in [-0.25, -0.2) is 4.39 Å². The number of rotatable bonds is 4. The van der Waals surface area contributed by atoms with Crippen molar-refractivity contribution in [2.45, 2.75) is 32.9 Å². The lowest BCUT2D eigenvalue weighted by atomic mass is 10.1. The number of halogens is 1. The highest BCUT2D eigenvalue weighted by atomic mass is 19.1. The normalized spacial score (nSPS) is 13.9. The highest BCUT2D eigenvalue weighted by molar-refractivity contribution is 5.82. The number of ketones is 1. The number of carbonyl (C=O) groups excluding carboxylic acids is 1. The van der Waals surface area contributed by atoms with Crippen molar-refractivity contribution in [2.24, 2.45) is 0 Å². The maximum Gasteiger partial charge on any atom is 0.166 e. The van der Waals surface area contributed by atoms with Gasteiger partial charge in [-0.3, -0.25) is 4.79 Å². The molecule has 0 fully saturated rings. The molecule has 0 aliphatic carbocycles. The second kappa shape index (κ2) is 5.15. The van der Waals surface area contributed by atoms with E-state index in [9.17, 15) is 9.18 Å². The third kappa shape index (κ3) is 3.38. The molecule has 0 aromatic carbocycles. The van der Waals surface area contributed by atoms with Crippen LogP contribution in [-0.4, -0.2) is 12.0 Å². The Balaban J connectivity index is 3.61. The molecule has 0 aromatic heterocycles. The van der Waals surface area contributed by atoms with Crippen molar-refractivity contribution < 1.29 is 9.18 Å². The van der Waals surface area contributed by atoms with Gasteiger partial charge in [0.2, 0.25) is 0 Å². The highest BCUT2D eigenvalue weighted by Crippen LogP contribution is 2.02. The fraction of sp³-hybridized carbons (Fsp3) is 0.625. The summed E-state index contributed by atoms with van der Waals surface area (Å²) in [5.74, 6) is -0.307. The summed E-state index contributed by atoms with van der Waals surface area (Å²) in [7, 11) is 0. The first-order chi connectivity index (χ1) is 4.72. The monoisotopic (exact) mass is 144 g/mol. The van der Waals surface area contributed by atoms with Gasteiger partial charge in [-0.2, -0.15) is 0 Å². The molecular weight excluding hydrogens is 131 g/mol. The number of carbonyl (C=O) groups is 1. The van der Waals surface area contributed by atoms with Crippen molar-refractivity contribution in [1.82, 2.24) is 0 Å². The molecule has 1 atom stereocenters. The molecule has 0 rings (SSSR count). The molecule has 0 aliphatic rings. The van der Waals surface area contributed by atoms with Crippen LogP contribution in [0, 0.1) is 0 Å². The smallest absolute Gasteiger partial charge is 0.166 e. The molecule has 0 N–H and O–H groups in total. The molecule has 1 nitrogen and oxygen atoms in total. The maximum atomic E-state index is 12.6. The Morgan fingerprint density at radius 2 is 2.30 bits per heavy atom. The van der Waals surface area contributed by atoms with Crippen LogP contribution in [-0.2, 0) is 4.79 Å². The van der Waals surface area contributed by atoms with Crippen molar-refractivity contribution in [3.05, 3.63) is 12.2 Å². The van der Waals surface area contributed by atoms with Crippen molar-refractivity contribution >= 4 is 5.78 Å². The summed E-state index contributed by atoms with van der Waals surface area (Å²) < 4.78 is 12.6. The van der Waals surface area contributed by atoms with Crippen molar-refractivity contribution in [3.8, 4) is 0 Å². The van der Waals surface area contributed by atoms with Gasteiger partial charge in [-0.15, -0.1) is 0 Å². The first kappa shape index (κ1) is 9.34. The first-order valence-electron chi connectivity index (χ1n) is 3.50. The molecule has 58 valence electrons. The van der Waals surface area contributed by atoms with Crippen LogP contribution in [0.25, 0.3) is 0 Å². The van der Waals surface area contributed by atoms with Gasteiger partial charge < -0.3 is 0 Å². The van der Waals surface area contributed by atoms with E-state index in [1.165, 1.54) is 0 Å². The summed E-state index contributed by atoms with van der Waals surface area (Å²) in [6.07, 6.45) is 2.64. The first-order valence-corrected chi connectivity index (χ1v) is 3.50. The molecule has 0 heterocycles. The lowest BCUT2D eigenvalue weighted by Crippen LogP contribution is -2.12. The SMILES string of the molecule is C/C=C/CC(F)C(=O)CC. The van der Waals surface area contributed by atoms with Crippen molar-refractivity contribution in [3.63, 3.8) is 0 Å². The third-order valence-corrected chi connectivity index (χ3v) is 1.28. The zero-order chi connectivity index (χ0) is 7.98. The van der Waals surface area contributed by atoms with Crippen LogP contribution in [0.5, 0.6) is 0 Å². The second-order valence-corrected chi connectivity index (χ2v) is 2.09. The van der Waals surface area contributed by atoms with Crippen LogP contribution in [0.3, 0.4) is 0 Å². The average Bonchev–Trinajstić information content (AvgIpc) is 1.98. The van der Waals surface area contributed by atoms with Crippen LogP contribution in [0.1, 0.15) is 26.7 Å². The van der Waals surface area contributed by atoms with Gasteiger partial charge in [-0.1, -0.05) is 19.1 Å². The molecule has 2 heteroatoms. The Labute approximate surface area is 60.9 Å². The summed E-state index contributed by atoms with van der Waals surface area (Å²) in [5.41, 5.74) is 0. The quantitative estimate of drug-likeness (QED) is 0.553. The van der Waals surface area contributed by atoms with Crippen molar-refractivity contribution in [2.75, 3.05) is 0 Å². The van der Waals surface area contributed by atoms with Crippen LogP contribution in [0.2, 0.25) is 0 Å². The molecule has 0 radical (unpaired) electrons. The predicted octanol–water partition coefficient (Wildman–Crippen LogP) is 2.27. The van der Waals surface area contributed by atoms with E-state index < -0.39 is 6.17 Å². The number of hydrogen-bond acceptors (Lipinski definition) is 1. The van der Waals surface area contributed by atoms with E-state index in [2.05, 4.69) is 0 Å². The third-order valence-electron chi connectivity index (χ3n) is 1.28. The molecule has 0 spiro atoms. The zero-order valence-electron chi connectivity index (χ0n) is 6.43. The number of hydrogen-bond donors (Lipinski definition) is 0. The van der Waals surface area contributed by atoms with E-state index in [1.807, 2.05) is 6.92 Å². The highest BCUT2D eigenvalue weighted by Gasteiger charge is 2.11. The van der Waals surface area contributed by atoms with Gasteiger partial charge in [0.1, 0.15) is 0 Å². The van der Waals surface area contributed by atoms with Gasteiger partial charge in [-0.05, 0) is 6.92 Å². The fourth-order valence-corrected chi connectivity index (χ4v) is 0.608. The molecule has 0 saturated heterocycles. The number of Topliss-reactive ketones (excluding diaryl/α,β-unsaturated/α-hetero) is 1. The summed E-state index contributed by atoms with van der Waals surface area (Å²) in [5, 5.41) is 0. The number of allylic oxidation sites excluding steroid dienone is 2. The summed E-state index contributed by atoms with van der Waals surface area (Å²) in [6, 6.07) is 0. The minimum atomic E-state index is -1.29. The largest absolute Gasteiger partial charge is 0.296 e. The molecule has 1 unspecified atom stereocenters. The summed E-state index contributed by atoms with van der Waals surface area (Å²) >= 11 is 0. The van der Waals surface area contributed by atoms with Gasteiger partial charge in [0.15, 0.2) is 12.0 Å². The van der Waals surface area contributed by atoms with E-state index >= 15 is 0 Å². The van der Waals surface area contributed by atoms with E-state index in [4.69, 9.17) is 0 Å². The Morgan fingerprint density at radius 3 is 2.70 bits per heavy atom. The van der Waals surface area contributed by atoms with E-state index in [0.29, 0.717) is 6.42 Å². The van der Waals surface area contributed by atoms with E-state index in [0.717, 1.165) is 0 Å². The van der Waals surface area contributed by atoms with Crippen LogP contribution < -0.4 is 0 Å². The van der Waals surface area contributed by atoms with Crippen LogP contribution in [0.4, 0.5) is 4.39 Å². The topological polar surface area (TPSA) is 17.1 Å². The second-order valence-electron chi connectivity index (χ2n) is 2.09. The maximum absolute atomic E-state index is 12.6. The fourth-order valence-electron chi connectivity index (χ4n) is 0.608. The van der Waals surface area contributed by atoms with Crippen molar-refractivity contribution in [1.29, 1.82) is 0 Å². The standard InChI is InChI=1S/C8H13FO/c1-3-5-6-7(9)8(10)4-2/h3,5,7H,4,6H2,1-2H3/b5-3+. The van der Waals surface area contributed by atoms with E-state index in [1.54, 1.807) is 19.1 Å². The molecular formula is C8H13FO. The molecule has 0 saturated carbocycles. The predicted molar refractivity (Wildman–Crippen MR) is 39.6 cm³/mol. The molecule has 0 aromatic rings. The van der Waals surface area contributed by atoms with Gasteiger partial charge in [0, 0.05) is 12.8 Å². The molecule has 0 aliphatic heterocycles. The Hall–Kier alpha value is -0.660. The van der Waals surface area contributed by atoms with Crippen LogP contribution >= 0.6 is 0 Å². The van der Waals surface area contributed by atoms with Crippen LogP contribution in [0.15, 0.2) is 12.2 Å². The average molecular weight is 144 g/mol. The Morgan fingerprint density at radius 1 is 1.70 bits per heavy atom. The summed E-state index contributed by atoms with van der Waals surface area (Å²) in [4.78, 5) is 10.6. The lowest BCUT2D eigenvalue weighted by molar-refractivity contribution is -0.123. The Kier molecular flexibility index (Phi) is 4.81. The number of alkyl halides is 1. The van der Waals surface area contributed by atoms with E-state index in [-0.39, 0.29) is 12.2 Å². The molecule has 0 amide bonds. The molecule has 0 bridgehead atoms. The summed E-state index contributed by atoms with van der Waals surface area (Å²) in [6.45, 7) is 3.48. The Bertz CT molecular complexity index is 129. The minimum Gasteiger partial charge on any atom is -0.296 e. The zero-order valence-corrected chi connectivity index (χ0v) is 6.43. The van der Waals surface area contributed by atoms with Gasteiger partial charge in [0.05, 0.1) is 0 Å². The lowest BCUT2D eigenvalue weighted by Gasteiger charge is -1.99. The van der Waals surface area contributed by atoms with Gasteiger partial charge in [0.25, 0.3) is 0 Å².